The molecule has 0 aliphatic carbocycles. The molecule has 0 aliphatic rings. The fourth-order valence-electron chi connectivity index (χ4n) is 3.30. The maximum absolute atomic E-state index is 13.9. The molecule has 0 aliphatic heterocycles. The monoisotopic (exact) mass is 481 g/mol. The summed E-state index contributed by atoms with van der Waals surface area (Å²) in [5.74, 6) is -0.666. The van der Waals surface area contributed by atoms with Gasteiger partial charge < -0.3 is 9.62 Å². The summed E-state index contributed by atoms with van der Waals surface area (Å²) in [6.07, 6.45) is 2.58. The van der Waals surface area contributed by atoms with E-state index in [0.29, 0.717) is 17.9 Å². The zero-order chi connectivity index (χ0) is 23.4. The average molecular weight is 482 g/mol. The molecule has 8 heteroatoms. The number of nitrogens with one attached hydrogen (secondary N) is 1. The van der Waals surface area contributed by atoms with E-state index >= 15 is 0 Å². The van der Waals surface area contributed by atoms with Crippen LogP contribution in [-0.2, 0) is 6.54 Å². The van der Waals surface area contributed by atoms with E-state index in [1.807, 2.05) is 49.3 Å². The third kappa shape index (κ3) is 5.65. The number of carbonyl (C=O) groups excluding carboxylic acids is 1. The van der Waals surface area contributed by atoms with Crippen LogP contribution in [0.3, 0.4) is 0 Å². The van der Waals surface area contributed by atoms with Crippen molar-refractivity contribution in [2.24, 2.45) is 0 Å². The Bertz CT molecular complexity index is 1290. The lowest BCUT2D eigenvalue weighted by Gasteiger charge is -2.12. The summed E-state index contributed by atoms with van der Waals surface area (Å²) in [5.41, 5.74) is 3.72. The van der Waals surface area contributed by atoms with E-state index in [-0.39, 0.29) is 4.90 Å². The molecule has 4 aromatic rings. The highest BCUT2D eigenvalue weighted by Gasteiger charge is 2.11. The average Bonchev–Trinajstić information content (AvgIpc) is 3.29. The Morgan fingerprint density at radius 2 is 1.76 bits per heavy atom. The van der Waals surface area contributed by atoms with Crippen LogP contribution in [0.1, 0.15) is 15.9 Å². The Morgan fingerprint density at radius 1 is 1.00 bits per heavy atom. The summed E-state index contributed by atoms with van der Waals surface area (Å²) in [7, 11) is 3.95. The van der Waals surface area contributed by atoms with Crippen molar-refractivity contribution in [3.05, 3.63) is 89.6 Å². The van der Waals surface area contributed by atoms with Crippen molar-refractivity contribution in [3.8, 4) is 20.9 Å². The molecule has 4 rings (SSSR count). The van der Waals surface area contributed by atoms with Crippen LogP contribution in [-0.4, -0.2) is 30.3 Å². The van der Waals surface area contributed by atoms with Gasteiger partial charge in [-0.1, -0.05) is 12.1 Å². The third-order valence-corrected chi connectivity index (χ3v) is 6.90. The number of rotatable bonds is 8. The first kappa shape index (κ1) is 23.1. The molecule has 0 saturated heterocycles. The molecule has 2 heterocycles. The van der Waals surface area contributed by atoms with Crippen molar-refractivity contribution >= 4 is 35.4 Å². The second-order valence-electron chi connectivity index (χ2n) is 7.64. The SMILES string of the molecule is CN(C)Cc1cc(-c2ccc(-c3ccnc(NSc4ccc(F)cc4F)c3)s2)ccc1C=O. The first-order valence-corrected chi connectivity index (χ1v) is 11.7. The Hall–Kier alpha value is -3.07. The smallest absolute Gasteiger partial charge is 0.150 e. The van der Waals surface area contributed by atoms with Crippen LogP contribution in [0.15, 0.2) is 71.8 Å². The van der Waals surface area contributed by atoms with Gasteiger partial charge in [0, 0.05) is 34.1 Å². The maximum Gasteiger partial charge on any atom is 0.150 e. The molecular weight excluding hydrogens is 460 g/mol. The van der Waals surface area contributed by atoms with Gasteiger partial charge in [-0.3, -0.25) is 4.79 Å². The van der Waals surface area contributed by atoms with Crippen molar-refractivity contribution in [2.45, 2.75) is 11.4 Å². The van der Waals surface area contributed by atoms with Crippen LogP contribution < -0.4 is 4.72 Å². The summed E-state index contributed by atoms with van der Waals surface area (Å²) in [5, 5.41) is 0. The van der Waals surface area contributed by atoms with Gasteiger partial charge in [0.25, 0.3) is 0 Å². The second kappa shape index (κ2) is 10.2. The fraction of sp³-hybridized carbons (Fsp3) is 0.120. The quantitative estimate of drug-likeness (QED) is 0.223. The molecule has 0 atom stereocenters. The molecule has 0 unspecified atom stereocenters. The number of thiophene rings is 1. The number of hydrogen-bond acceptors (Lipinski definition) is 6. The van der Waals surface area contributed by atoms with E-state index in [2.05, 4.69) is 21.8 Å². The van der Waals surface area contributed by atoms with Crippen LogP contribution in [0, 0.1) is 11.6 Å². The van der Waals surface area contributed by atoms with Gasteiger partial charge in [0.05, 0.1) is 4.90 Å². The Balaban J connectivity index is 1.53. The second-order valence-corrected chi connectivity index (χ2v) is 9.57. The maximum atomic E-state index is 13.9. The third-order valence-electron chi connectivity index (χ3n) is 4.85. The lowest BCUT2D eigenvalue weighted by Crippen LogP contribution is -2.12. The van der Waals surface area contributed by atoms with E-state index in [1.165, 1.54) is 12.1 Å². The molecule has 0 bridgehead atoms. The molecule has 1 N–H and O–H groups in total. The number of aromatic nitrogens is 1. The molecule has 0 spiro atoms. The molecule has 33 heavy (non-hydrogen) atoms. The van der Waals surface area contributed by atoms with Crippen molar-refractivity contribution < 1.29 is 13.6 Å². The van der Waals surface area contributed by atoms with Crippen molar-refractivity contribution in [1.29, 1.82) is 0 Å². The van der Waals surface area contributed by atoms with Gasteiger partial charge in [0.15, 0.2) is 0 Å². The predicted molar refractivity (Wildman–Crippen MR) is 132 cm³/mol. The summed E-state index contributed by atoms with van der Waals surface area (Å²) in [6.45, 7) is 0.686. The number of anilines is 1. The van der Waals surface area contributed by atoms with Crippen molar-refractivity contribution in [2.75, 3.05) is 18.8 Å². The van der Waals surface area contributed by atoms with Gasteiger partial charge in [-0.25, -0.2) is 13.8 Å². The Kier molecular flexibility index (Phi) is 7.17. The molecular formula is C25H21F2N3OS2. The number of carbonyl (C=O) groups is 1. The van der Waals surface area contributed by atoms with Crippen LogP contribution in [0.4, 0.5) is 14.6 Å². The highest BCUT2D eigenvalue weighted by molar-refractivity contribution is 8.00. The number of benzene rings is 2. The highest BCUT2D eigenvalue weighted by atomic mass is 32.2. The number of hydrogen-bond donors (Lipinski definition) is 1. The number of halogens is 2. The number of pyridine rings is 1. The Morgan fingerprint density at radius 3 is 2.45 bits per heavy atom. The zero-order valence-electron chi connectivity index (χ0n) is 18.0. The van der Waals surface area contributed by atoms with E-state index in [9.17, 15) is 13.6 Å². The van der Waals surface area contributed by atoms with Gasteiger partial charge in [0.1, 0.15) is 23.7 Å². The lowest BCUT2D eigenvalue weighted by molar-refractivity contribution is 0.112. The summed E-state index contributed by atoms with van der Waals surface area (Å²) in [4.78, 5) is 20.1. The van der Waals surface area contributed by atoms with Crippen molar-refractivity contribution in [1.82, 2.24) is 9.88 Å². The molecule has 168 valence electrons. The van der Waals surface area contributed by atoms with Gasteiger partial charge in [-0.2, -0.15) is 0 Å². The van der Waals surface area contributed by atoms with Crippen LogP contribution in [0.5, 0.6) is 0 Å². The first-order chi connectivity index (χ1) is 15.9. The van der Waals surface area contributed by atoms with Crippen LogP contribution in [0.2, 0.25) is 0 Å². The van der Waals surface area contributed by atoms with Crippen LogP contribution in [0.25, 0.3) is 20.9 Å². The summed E-state index contributed by atoms with van der Waals surface area (Å²) in [6, 6.07) is 17.3. The normalized spacial score (nSPS) is 11.1. The molecule has 2 aromatic carbocycles. The predicted octanol–water partition coefficient (Wildman–Crippen LogP) is 6.75. The van der Waals surface area contributed by atoms with E-state index in [0.717, 1.165) is 50.7 Å². The minimum atomic E-state index is -0.624. The molecule has 0 amide bonds. The number of aldehydes is 1. The molecule has 4 nitrogen and oxygen atoms in total. The zero-order valence-corrected chi connectivity index (χ0v) is 19.6. The lowest BCUT2D eigenvalue weighted by atomic mass is 10.0. The molecule has 0 saturated carbocycles. The highest BCUT2D eigenvalue weighted by Crippen LogP contribution is 2.36. The van der Waals surface area contributed by atoms with Crippen molar-refractivity contribution in [3.63, 3.8) is 0 Å². The summed E-state index contributed by atoms with van der Waals surface area (Å²) < 4.78 is 30.0. The van der Waals surface area contributed by atoms with E-state index in [1.54, 1.807) is 17.5 Å². The molecule has 0 fully saturated rings. The Labute approximate surface area is 199 Å². The van der Waals surface area contributed by atoms with Gasteiger partial charge in [-0.15, -0.1) is 11.3 Å². The standard InChI is InChI=1S/C25H21F2N3OS2/c1-30(2)14-19-11-16(3-4-18(19)15-31)22-7-8-23(32-22)17-9-10-28-25(12-17)29-33-24-6-5-20(26)13-21(24)27/h3-13,15H,14H2,1-2H3,(H,28,29). The van der Waals surface area contributed by atoms with E-state index < -0.39 is 11.6 Å². The number of nitrogens with zero attached hydrogens (tertiary/aromatic N) is 2. The largest absolute Gasteiger partial charge is 0.310 e. The van der Waals surface area contributed by atoms with Crippen LogP contribution >= 0.6 is 23.3 Å². The minimum Gasteiger partial charge on any atom is -0.310 e. The van der Waals surface area contributed by atoms with Gasteiger partial charge in [0.2, 0.25) is 0 Å². The molecule has 2 aromatic heterocycles. The van der Waals surface area contributed by atoms with E-state index in [4.69, 9.17) is 0 Å². The first-order valence-electron chi connectivity index (χ1n) is 10.1. The summed E-state index contributed by atoms with van der Waals surface area (Å²) >= 11 is 2.68. The van der Waals surface area contributed by atoms with Gasteiger partial charge >= 0.3 is 0 Å². The minimum absolute atomic E-state index is 0.286. The molecule has 0 radical (unpaired) electrons. The van der Waals surface area contributed by atoms with Gasteiger partial charge in [-0.05, 0) is 85.2 Å². The topological polar surface area (TPSA) is 45.2 Å². The fourth-order valence-corrected chi connectivity index (χ4v) is 4.92.